The summed E-state index contributed by atoms with van der Waals surface area (Å²) in [5, 5.41) is 0.854. The molecule has 3 unspecified atom stereocenters. The van der Waals surface area contributed by atoms with Gasteiger partial charge in [-0.25, -0.2) is 0 Å². The van der Waals surface area contributed by atoms with Crippen molar-refractivity contribution in [2.45, 2.75) is 38.5 Å². The van der Waals surface area contributed by atoms with Crippen LogP contribution in [-0.2, 0) is 0 Å². The topological polar surface area (TPSA) is 26.0 Å². The van der Waals surface area contributed by atoms with Crippen molar-refractivity contribution >= 4 is 11.6 Å². The third-order valence-electron chi connectivity index (χ3n) is 4.20. The van der Waals surface area contributed by atoms with Gasteiger partial charge in [0.05, 0.1) is 0 Å². The van der Waals surface area contributed by atoms with Crippen LogP contribution < -0.4 is 5.73 Å². The van der Waals surface area contributed by atoms with E-state index in [0.717, 1.165) is 17.5 Å². The van der Waals surface area contributed by atoms with Crippen molar-refractivity contribution < 1.29 is 0 Å². The molecule has 1 aliphatic rings. The van der Waals surface area contributed by atoms with E-state index in [2.05, 4.69) is 25.1 Å². The SMILES string of the molecule is CC(CN)C1CCCCC1c1cccc(Cl)c1. The van der Waals surface area contributed by atoms with Crippen molar-refractivity contribution in [2.75, 3.05) is 6.54 Å². The maximum Gasteiger partial charge on any atom is 0.0408 e. The molecule has 2 N–H and O–H groups in total. The highest BCUT2D eigenvalue weighted by molar-refractivity contribution is 6.30. The lowest BCUT2D eigenvalue weighted by Gasteiger charge is -2.35. The summed E-state index contributed by atoms with van der Waals surface area (Å²) in [6.07, 6.45) is 5.29. The minimum Gasteiger partial charge on any atom is -0.330 e. The first-order valence-corrected chi connectivity index (χ1v) is 7.05. The molecule has 0 saturated heterocycles. The van der Waals surface area contributed by atoms with E-state index in [1.54, 1.807) is 0 Å². The summed E-state index contributed by atoms with van der Waals surface area (Å²) in [6, 6.07) is 8.37. The second kappa shape index (κ2) is 5.88. The number of rotatable bonds is 3. The van der Waals surface area contributed by atoms with Gasteiger partial charge in [0, 0.05) is 5.02 Å². The average Bonchev–Trinajstić information content (AvgIpc) is 2.38. The Balaban J connectivity index is 2.21. The van der Waals surface area contributed by atoms with Crippen molar-refractivity contribution in [3.8, 4) is 0 Å². The molecule has 0 spiro atoms. The van der Waals surface area contributed by atoms with Gasteiger partial charge in [-0.2, -0.15) is 0 Å². The number of nitrogens with two attached hydrogens (primary N) is 1. The minimum absolute atomic E-state index is 0.610. The quantitative estimate of drug-likeness (QED) is 0.856. The van der Waals surface area contributed by atoms with Crippen LogP contribution in [0.15, 0.2) is 24.3 Å². The van der Waals surface area contributed by atoms with Gasteiger partial charge in [-0.15, -0.1) is 0 Å². The molecule has 3 atom stereocenters. The van der Waals surface area contributed by atoms with Crippen LogP contribution in [-0.4, -0.2) is 6.54 Å². The molecule has 0 radical (unpaired) electrons. The Morgan fingerprint density at radius 2 is 2.12 bits per heavy atom. The molecule has 1 saturated carbocycles. The first-order chi connectivity index (χ1) is 8.22. The molecular weight excluding hydrogens is 230 g/mol. The molecule has 94 valence electrons. The lowest BCUT2D eigenvalue weighted by molar-refractivity contribution is 0.230. The Morgan fingerprint density at radius 3 is 2.82 bits per heavy atom. The zero-order valence-corrected chi connectivity index (χ0v) is 11.3. The number of hydrogen-bond acceptors (Lipinski definition) is 1. The van der Waals surface area contributed by atoms with Gasteiger partial charge in [0.2, 0.25) is 0 Å². The smallest absolute Gasteiger partial charge is 0.0408 e. The maximum absolute atomic E-state index is 6.10. The highest BCUT2D eigenvalue weighted by Crippen LogP contribution is 2.41. The van der Waals surface area contributed by atoms with E-state index in [1.165, 1.54) is 31.2 Å². The molecule has 17 heavy (non-hydrogen) atoms. The van der Waals surface area contributed by atoms with Gasteiger partial charge in [-0.05, 0) is 54.8 Å². The molecule has 2 heteroatoms. The van der Waals surface area contributed by atoms with Gasteiger partial charge in [-0.3, -0.25) is 0 Å². The van der Waals surface area contributed by atoms with E-state index in [1.807, 2.05) is 6.07 Å². The molecular formula is C15H22ClN. The van der Waals surface area contributed by atoms with Gasteiger partial charge < -0.3 is 5.73 Å². The van der Waals surface area contributed by atoms with Gasteiger partial charge in [0.1, 0.15) is 0 Å². The Bertz CT molecular complexity index is 364. The van der Waals surface area contributed by atoms with E-state index in [4.69, 9.17) is 17.3 Å². The summed E-state index contributed by atoms with van der Waals surface area (Å²) >= 11 is 6.10. The summed E-state index contributed by atoms with van der Waals surface area (Å²) < 4.78 is 0. The third-order valence-corrected chi connectivity index (χ3v) is 4.43. The minimum atomic E-state index is 0.610. The summed E-state index contributed by atoms with van der Waals surface area (Å²) in [4.78, 5) is 0. The summed E-state index contributed by atoms with van der Waals surface area (Å²) in [5.41, 5.74) is 7.25. The monoisotopic (exact) mass is 251 g/mol. The van der Waals surface area contributed by atoms with Gasteiger partial charge in [-0.1, -0.05) is 43.5 Å². The van der Waals surface area contributed by atoms with E-state index >= 15 is 0 Å². The van der Waals surface area contributed by atoms with Gasteiger partial charge >= 0.3 is 0 Å². The van der Waals surface area contributed by atoms with Crippen LogP contribution in [0, 0.1) is 11.8 Å². The van der Waals surface area contributed by atoms with Crippen molar-refractivity contribution in [1.29, 1.82) is 0 Å². The molecule has 1 aromatic rings. The molecule has 1 nitrogen and oxygen atoms in total. The van der Waals surface area contributed by atoms with E-state index in [9.17, 15) is 0 Å². The van der Waals surface area contributed by atoms with Crippen LogP contribution in [0.3, 0.4) is 0 Å². The van der Waals surface area contributed by atoms with E-state index in [-0.39, 0.29) is 0 Å². The molecule has 1 aromatic carbocycles. The summed E-state index contributed by atoms with van der Waals surface area (Å²) in [7, 11) is 0. The molecule has 0 aliphatic heterocycles. The van der Waals surface area contributed by atoms with Crippen molar-refractivity contribution in [2.24, 2.45) is 17.6 Å². The van der Waals surface area contributed by atoms with Crippen molar-refractivity contribution in [3.05, 3.63) is 34.9 Å². The van der Waals surface area contributed by atoms with E-state index < -0.39 is 0 Å². The lowest BCUT2D eigenvalue weighted by atomic mass is 9.70. The third kappa shape index (κ3) is 3.02. The molecule has 2 rings (SSSR count). The van der Waals surface area contributed by atoms with Crippen LogP contribution in [0.4, 0.5) is 0 Å². The predicted octanol–water partition coefficient (Wildman–Crippen LogP) is 4.21. The number of hydrogen-bond donors (Lipinski definition) is 1. The molecule has 0 bridgehead atoms. The molecule has 1 aliphatic carbocycles. The Morgan fingerprint density at radius 1 is 1.35 bits per heavy atom. The van der Waals surface area contributed by atoms with Crippen molar-refractivity contribution in [3.63, 3.8) is 0 Å². The fraction of sp³-hybridized carbons (Fsp3) is 0.600. The Hall–Kier alpha value is -0.530. The summed E-state index contributed by atoms with van der Waals surface area (Å²) in [5.74, 6) is 1.99. The number of halogens is 1. The van der Waals surface area contributed by atoms with Crippen LogP contribution in [0.2, 0.25) is 5.02 Å². The Labute approximate surface area is 109 Å². The van der Waals surface area contributed by atoms with Crippen LogP contribution in [0.5, 0.6) is 0 Å². The van der Waals surface area contributed by atoms with Crippen LogP contribution >= 0.6 is 11.6 Å². The maximum atomic E-state index is 6.10. The van der Waals surface area contributed by atoms with Crippen LogP contribution in [0.1, 0.15) is 44.1 Å². The highest BCUT2D eigenvalue weighted by Gasteiger charge is 2.29. The normalized spacial score (nSPS) is 26.8. The average molecular weight is 252 g/mol. The number of benzene rings is 1. The fourth-order valence-electron chi connectivity index (χ4n) is 3.17. The first-order valence-electron chi connectivity index (χ1n) is 6.68. The van der Waals surface area contributed by atoms with Crippen molar-refractivity contribution in [1.82, 2.24) is 0 Å². The van der Waals surface area contributed by atoms with E-state index in [0.29, 0.717) is 11.8 Å². The largest absolute Gasteiger partial charge is 0.330 e. The van der Waals surface area contributed by atoms with Gasteiger partial charge in [0.25, 0.3) is 0 Å². The fourth-order valence-corrected chi connectivity index (χ4v) is 3.37. The Kier molecular flexibility index (Phi) is 4.47. The zero-order valence-electron chi connectivity index (χ0n) is 10.5. The van der Waals surface area contributed by atoms with Crippen LogP contribution in [0.25, 0.3) is 0 Å². The second-order valence-electron chi connectivity index (χ2n) is 5.32. The van der Waals surface area contributed by atoms with Gasteiger partial charge in [0.15, 0.2) is 0 Å². The molecule has 1 fully saturated rings. The summed E-state index contributed by atoms with van der Waals surface area (Å²) in [6.45, 7) is 3.08. The molecule has 0 aromatic heterocycles. The zero-order chi connectivity index (χ0) is 12.3. The first kappa shape index (κ1) is 12.9. The molecule has 0 amide bonds. The lowest BCUT2D eigenvalue weighted by Crippen LogP contribution is -2.28. The standard InChI is InChI=1S/C15H22ClN/c1-11(10-17)14-7-2-3-8-15(14)12-5-4-6-13(16)9-12/h4-6,9,11,14-15H,2-3,7-8,10,17H2,1H3. The predicted molar refractivity (Wildman–Crippen MR) is 74.4 cm³/mol. The molecule has 0 heterocycles. The second-order valence-corrected chi connectivity index (χ2v) is 5.76. The highest BCUT2D eigenvalue weighted by atomic mass is 35.5.